The third kappa shape index (κ3) is 6.20. The van der Waals surface area contributed by atoms with Gasteiger partial charge in [-0.1, -0.05) is 36.4 Å². The van der Waals surface area contributed by atoms with E-state index in [1.54, 1.807) is 0 Å². The molecule has 2 saturated heterocycles. The Labute approximate surface area is 213 Å². The molecule has 0 saturated carbocycles. The van der Waals surface area contributed by atoms with E-state index in [1.165, 1.54) is 25.7 Å². The van der Waals surface area contributed by atoms with Crippen LogP contribution in [0.25, 0.3) is 21.8 Å². The second-order valence-electron chi connectivity index (χ2n) is 10.1. The minimum absolute atomic E-state index is 0.0806. The van der Waals surface area contributed by atoms with Gasteiger partial charge in [0.1, 0.15) is 0 Å². The smallest absolute Gasteiger partial charge is 0.221 e. The number of amides is 2. The molecule has 2 N–H and O–H groups in total. The first-order valence-electron chi connectivity index (χ1n) is 13.4. The number of hydrogen-bond donors (Lipinski definition) is 2. The van der Waals surface area contributed by atoms with E-state index in [0.29, 0.717) is 25.9 Å². The highest BCUT2D eigenvalue weighted by molar-refractivity contribution is 5.95. The van der Waals surface area contributed by atoms with Crippen LogP contribution in [-0.2, 0) is 22.7 Å². The Hall–Kier alpha value is -3.03. The summed E-state index contributed by atoms with van der Waals surface area (Å²) in [5, 5.41) is 8.28. The molecule has 5 rings (SSSR count). The van der Waals surface area contributed by atoms with Crippen LogP contribution in [0.15, 0.2) is 42.5 Å². The minimum atomic E-state index is 0.0806. The number of pyridine rings is 1. The van der Waals surface area contributed by atoms with Gasteiger partial charge in [0, 0.05) is 49.8 Å². The van der Waals surface area contributed by atoms with E-state index in [2.05, 4.69) is 38.6 Å². The van der Waals surface area contributed by atoms with Gasteiger partial charge in [0.25, 0.3) is 0 Å². The van der Waals surface area contributed by atoms with E-state index in [1.807, 2.05) is 24.3 Å². The maximum Gasteiger partial charge on any atom is 0.221 e. The lowest BCUT2D eigenvalue weighted by molar-refractivity contribution is -0.122. The van der Waals surface area contributed by atoms with Crippen molar-refractivity contribution in [1.82, 2.24) is 25.4 Å². The van der Waals surface area contributed by atoms with E-state index in [0.717, 1.165) is 72.2 Å². The summed E-state index contributed by atoms with van der Waals surface area (Å²) in [7, 11) is 0. The van der Waals surface area contributed by atoms with Crippen LogP contribution in [0.1, 0.15) is 49.7 Å². The summed E-state index contributed by atoms with van der Waals surface area (Å²) in [5.41, 5.74) is 3.82. The Bertz CT molecular complexity index is 1120. The van der Waals surface area contributed by atoms with Crippen LogP contribution in [0, 0.1) is 0 Å². The first-order chi connectivity index (χ1) is 17.7. The number of likely N-dealkylation sites (tertiary alicyclic amines) is 2. The predicted octanol–water partition coefficient (Wildman–Crippen LogP) is 3.59. The molecule has 0 aliphatic carbocycles. The molecule has 7 heteroatoms. The number of aromatic nitrogens is 1. The van der Waals surface area contributed by atoms with E-state index in [-0.39, 0.29) is 11.8 Å². The summed E-state index contributed by atoms with van der Waals surface area (Å²) in [5.74, 6) is 0.161. The molecule has 0 atom stereocenters. The predicted molar refractivity (Wildman–Crippen MR) is 144 cm³/mol. The molecule has 2 aromatic carbocycles. The van der Waals surface area contributed by atoms with Crippen LogP contribution in [0.2, 0.25) is 0 Å². The maximum absolute atomic E-state index is 12.5. The van der Waals surface area contributed by atoms with Gasteiger partial charge < -0.3 is 20.4 Å². The van der Waals surface area contributed by atoms with Gasteiger partial charge in [0.2, 0.25) is 11.8 Å². The Morgan fingerprint density at radius 1 is 0.694 bits per heavy atom. The highest BCUT2D eigenvalue weighted by atomic mass is 16.2. The van der Waals surface area contributed by atoms with Gasteiger partial charge in [-0.15, -0.1) is 0 Å². The van der Waals surface area contributed by atoms with Crippen molar-refractivity contribution < 1.29 is 9.59 Å². The van der Waals surface area contributed by atoms with Crippen molar-refractivity contribution in [2.24, 2.45) is 0 Å². The van der Waals surface area contributed by atoms with Crippen molar-refractivity contribution in [2.45, 2.75) is 51.6 Å². The molecule has 2 aliphatic rings. The van der Waals surface area contributed by atoms with E-state index >= 15 is 0 Å². The first-order valence-corrected chi connectivity index (χ1v) is 13.4. The molecular formula is C29H37N5O2. The number of nitrogens with zero attached hydrogens (tertiary/aromatic N) is 3. The zero-order chi connectivity index (χ0) is 24.7. The average Bonchev–Trinajstić information content (AvgIpc) is 3.61. The number of hydrogen-bond acceptors (Lipinski definition) is 5. The summed E-state index contributed by atoms with van der Waals surface area (Å²) in [6.45, 7) is 7.01. The molecule has 1 aromatic heterocycles. The molecule has 0 radical (unpaired) electrons. The first kappa shape index (κ1) is 24.7. The SMILES string of the molecule is O=C(CCN1CCCC1)NCc1cccc2cc3cccc(CNC(=O)CCN4CCCC4)c3nc12. The van der Waals surface area contributed by atoms with Gasteiger partial charge in [-0.3, -0.25) is 9.59 Å². The van der Waals surface area contributed by atoms with Crippen molar-refractivity contribution >= 4 is 33.6 Å². The quantitative estimate of drug-likeness (QED) is 0.428. The Balaban J connectivity index is 1.25. The second-order valence-corrected chi connectivity index (χ2v) is 10.1. The van der Waals surface area contributed by atoms with Crippen LogP contribution in [-0.4, -0.2) is 65.9 Å². The molecule has 2 aliphatic heterocycles. The third-order valence-corrected chi connectivity index (χ3v) is 7.50. The number of fused-ring (bicyclic) bond motifs is 2. The van der Waals surface area contributed by atoms with Crippen LogP contribution in [0.3, 0.4) is 0 Å². The summed E-state index contributed by atoms with van der Waals surface area (Å²) in [4.78, 5) is 34.7. The highest BCUT2D eigenvalue weighted by Gasteiger charge is 2.15. The Morgan fingerprint density at radius 3 is 1.58 bits per heavy atom. The summed E-state index contributed by atoms with van der Waals surface area (Å²) in [6.07, 6.45) is 6.01. The van der Waals surface area contributed by atoms with Crippen molar-refractivity contribution in [3.05, 3.63) is 53.6 Å². The number of rotatable bonds is 10. The number of carbonyl (C=O) groups is 2. The van der Waals surface area contributed by atoms with Gasteiger partial charge in [0.05, 0.1) is 11.0 Å². The highest BCUT2D eigenvalue weighted by Crippen LogP contribution is 2.25. The van der Waals surface area contributed by atoms with E-state index < -0.39 is 0 Å². The molecule has 0 spiro atoms. The Kier molecular flexibility index (Phi) is 8.08. The molecule has 7 nitrogen and oxygen atoms in total. The number of para-hydroxylation sites is 2. The van der Waals surface area contributed by atoms with Crippen LogP contribution in [0.4, 0.5) is 0 Å². The second kappa shape index (κ2) is 11.8. The van der Waals surface area contributed by atoms with Gasteiger partial charge in [-0.25, -0.2) is 4.98 Å². The van der Waals surface area contributed by atoms with Crippen LogP contribution in [0.5, 0.6) is 0 Å². The fourth-order valence-corrected chi connectivity index (χ4v) is 5.39. The minimum Gasteiger partial charge on any atom is -0.352 e. The van der Waals surface area contributed by atoms with Crippen molar-refractivity contribution in [1.29, 1.82) is 0 Å². The van der Waals surface area contributed by atoms with Crippen molar-refractivity contribution in [3.8, 4) is 0 Å². The standard InChI is InChI=1S/C29H37N5O2/c35-26(11-17-33-13-1-2-14-33)30-20-24-9-5-7-22-19-23-8-6-10-25(29(23)32-28(22)24)21-31-27(36)12-18-34-15-3-4-16-34/h5-10,19H,1-4,11-18,20-21H2,(H,30,35)(H,31,36). The number of benzene rings is 2. The lowest BCUT2D eigenvalue weighted by Gasteiger charge is -2.15. The van der Waals surface area contributed by atoms with Crippen LogP contribution < -0.4 is 10.6 Å². The van der Waals surface area contributed by atoms with Gasteiger partial charge in [0.15, 0.2) is 0 Å². The molecule has 3 heterocycles. The lowest BCUT2D eigenvalue weighted by Crippen LogP contribution is -2.29. The third-order valence-electron chi connectivity index (χ3n) is 7.50. The number of nitrogens with one attached hydrogen (secondary N) is 2. The van der Waals surface area contributed by atoms with E-state index in [4.69, 9.17) is 4.98 Å². The van der Waals surface area contributed by atoms with Gasteiger partial charge in [-0.05, 0) is 69.1 Å². The van der Waals surface area contributed by atoms with Gasteiger partial charge >= 0.3 is 0 Å². The largest absolute Gasteiger partial charge is 0.352 e. The van der Waals surface area contributed by atoms with Crippen LogP contribution >= 0.6 is 0 Å². The van der Waals surface area contributed by atoms with Gasteiger partial charge in [-0.2, -0.15) is 0 Å². The monoisotopic (exact) mass is 487 g/mol. The lowest BCUT2D eigenvalue weighted by atomic mass is 10.0. The normalized spacial score (nSPS) is 16.7. The maximum atomic E-state index is 12.5. The summed E-state index contributed by atoms with van der Waals surface area (Å²) < 4.78 is 0. The fraction of sp³-hybridized carbons (Fsp3) is 0.483. The molecule has 2 amide bonds. The molecule has 3 aromatic rings. The Morgan fingerprint density at radius 2 is 1.14 bits per heavy atom. The molecule has 2 fully saturated rings. The summed E-state index contributed by atoms with van der Waals surface area (Å²) in [6, 6.07) is 14.4. The fourth-order valence-electron chi connectivity index (χ4n) is 5.39. The molecule has 0 unspecified atom stereocenters. The van der Waals surface area contributed by atoms with Crippen molar-refractivity contribution in [2.75, 3.05) is 39.3 Å². The molecule has 190 valence electrons. The molecule has 0 bridgehead atoms. The number of carbonyl (C=O) groups excluding carboxylic acids is 2. The molecule has 36 heavy (non-hydrogen) atoms. The van der Waals surface area contributed by atoms with E-state index in [9.17, 15) is 9.59 Å². The summed E-state index contributed by atoms with van der Waals surface area (Å²) >= 11 is 0. The zero-order valence-corrected chi connectivity index (χ0v) is 21.1. The average molecular weight is 488 g/mol. The topological polar surface area (TPSA) is 77.6 Å². The zero-order valence-electron chi connectivity index (χ0n) is 21.1. The molecular weight excluding hydrogens is 450 g/mol. The van der Waals surface area contributed by atoms with Crippen molar-refractivity contribution in [3.63, 3.8) is 0 Å².